The van der Waals surface area contributed by atoms with Gasteiger partial charge < -0.3 is 10.2 Å². The molecule has 0 aromatic heterocycles. The maximum absolute atomic E-state index is 11.5. The van der Waals surface area contributed by atoms with E-state index in [-0.39, 0.29) is 5.91 Å². The number of nitrogens with zero attached hydrogens (tertiary/aromatic N) is 2. The van der Waals surface area contributed by atoms with E-state index in [1.165, 1.54) is 0 Å². The molecule has 1 fully saturated rings. The predicted octanol–water partition coefficient (Wildman–Crippen LogP) is 0.311. The first-order valence-corrected chi connectivity index (χ1v) is 6.29. The Kier molecular flexibility index (Phi) is 5.51. The second-order valence-electron chi connectivity index (χ2n) is 3.76. The van der Waals surface area contributed by atoms with Crippen LogP contribution in [0.1, 0.15) is 6.42 Å². The predicted molar refractivity (Wildman–Crippen MR) is 61.6 cm³/mol. The van der Waals surface area contributed by atoms with Gasteiger partial charge in [-0.25, -0.2) is 0 Å². The molecule has 0 aromatic carbocycles. The van der Waals surface area contributed by atoms with Crippen LogP contribution in [0.25, 0.3) is 0 Å². The summed E-state index contributed by atoms with van der Waals surface area (Å²) in [6.45, 7) is 2.72. The minimum absolute atomic E-state index is 0.127. The highest BCUT2D eigenvalue weighted by Gasteiger charge is 2.17. The van der Waals surface area contributed by atoms with Gasteiger partial charge in [0.25, 0.3) is 0 Å². The molecule has 0 saturated carbocycles. The highest BCUT2D eigenvalue weighted by atomic mass is 32.2. The average Bonchev–Trinajstić information content (AvgIpc) is 2.17. The van der Waals surface area contributed by atoms with Gasteiger partial charge in [0.05, 0.1) is 18.2 Å². The SMILES string of the molecule is CN(CCC#N)C(=O)CSCC1CNC1. The normalized spacial score (nSPS) is 15.5. The molecule has 5 heteroatoms. The third kappa shape index (κ3) is 4.54. The van der Waals surface area contributed by atoms with Crippen LogP contribution >= 0.6 is 11.8 Å². The molecule has 1 amide bonds. The summed E-state index contributed by atoms with van der Waals surface area (Å²) in [6, 6.07) is 2.04. The standard InChI is InChI=1S/C10H17N3OS/c1-13(4-2-3-11)10(14)8-15-7-9-5-12-6-9/h9,12H,2,4-8H2,1H3. The smallest absolute Gasteiger partial charge is 0.232 e. The van der Waals surface area contributed by atoms with Crippen LogP contribution in [0.2, 0.25) is 0 Å². The Labute approximate surface area is 95.0 Å². The van der Waals surface area contributed by atoms with Gasteiger partial charge in [0.1, 0.15) is 0 Å². The zero-order valence-electron chi connectivity index (χ0n) is 9.03. The highest BCUT2D eigenvalue weighted by Crippen LogP contribution is 2.12. The number of carbonyl (C=O) groups excluding carboxylic acids is 1. The first-order chi connectivity index (χ1) is 7.24. The molecule has 0 bridgehead atoms. The topological polar surface area (TPSA) is 56.1 Å². The van der Waals surface area contributed by atoms with Gasteiger partial charge in [-0.05, 0) is 24.8 Å². The van der Waals surface area contributed by atoms with Gasteiger partial charge >= 0.3 is 0 Å². The summed E-state index contributed by atoms with van der Waals surface area (Å²) in [6.07, 6.45) is 0.416. The van der Waals surface area contributed by atoms with E-state index in [0.29, 0.717) is 18.7 Å². The Morgan fingerprint density at radius 3 is 2.93 bits per heavy atom. The maximum Gasteiger partial charge on any atom is 0.232 e. The van der Waals surface area contributed by atoms with E-state index in [0.717, 1.165) is 24.8 Å². The van der Waals surface area contributed by atoms with Crippen LogP contribution in [0.4, 0.5) is 0 Å². The van der Waals surface area contributed by atoms with Crippen molar-refractivity contribution in [2.75, 3.05) is 38.2 Å². The zero-order valence-corrected chi connectivity index (χ0v) is 9.85. The lowest BCUT2D eigenvalue weighted by molar-refractivity contribution is -0.127. The minimum atomic E-state index is 0.127. The zero-order chi connectivity index (χ0) is 11.1. The summed E-state index contributed by atoms with van der Waals surface area (Å²) in [4.78, 5) is 13.2. The molecule has 1 aliphatic rings. The van der Waals surface area contributed by atoms with Gasteiger partial charge in [-0.3, -0.25) is 4.79 Å². The summed E-state index contributed by atoms with van der Waals surface area (Å²) in [5.74, 6) is 2.47. The summed E-state index contributed by atoms with van der Waals surface area (Å²) in [5, 5.41) is 11.6. The molecule has 1 heterocycles. The van der Waals surface area contributed by atoms with E-state index in [1.54, 1.807) is 23.7 Å². The third-order valence-electron chi connectivity index (χ3n) is 2.43. The third-order valence-corrected chi connectivity index (χ3v) is 3.59. The summed E-state index contributed by atoms with van der Waals surface area (Å²) < 4.78 is 0. The molecular weight excluding hydrogens is 210 g/mol. The van der Waals surface area contributed by atoms with Crippen molar-refractivity contribution in [3.63, 3.8) is 0 Å². The summed E-state index contributed by atoms with van der Waals surface area (Å²) in [7, 11) is 1.76. The fourth-order valence-corrected chi connectivity index (χ4v) is 2.31. The molecule has 0 radical (unpaired) electrons. The van der Waals surface area contributed by atoms with E-state index in [9.17, 15) is 4.79 Å². The molecule has 84 valence electrons. The number of amides is 1. The van der Waals surface area contributed by atoms with Crippen LogP contribution < -0.4 is 5.32 Å². The summed E-state index contributed by atoms with van der Waals surface area (Å²) >= 11 is 1.69. The molecule has 0 unspecified atom stereocenters. The van der Waals surface area contributed by atoms with E-state index >= 15 is 0 Å². The van der Waals surface area contributed by atoms with E-state index in [1.807, 2.05) is 6.07 Å². The van der Waals surface area contributed by atoms with Crippen molar-refractivity contribution in [3.05, 3.63) is 0 Å². The van der Waals surface area contributed by atoms with Crippen molar-refractivity contribution >= 4 is 17.7 Å². The number of thioether (sulfide) groups is 1. The number of rotatable bonds is 6. The molecule has 15 heavy (non-hydrogen) atoms. The van der Waals surface area contributed by atoms with Gasteiger partial charge in [-0.1, -0.05) is 0 Å². The molecule has 1 rings (SSSR count). The fourth-order valence-electron chi connectivity index (χ4n) is 1.23. The van der Waals surface area contributed by atoms with Crippen LogP contribution in [0.3, 0.4) is 0 Å². The molecule has 0 aliphatic carbocycles. The highest BCUT2D eigenvalue weighted by molar-refractivity contribution is 7.99. The Balaban J connectivity index is 2.03. The number of hydrogen-bond donors (Lipinski definition) is 1. The number of nitrogens with one attached hydrogen (secondary N) is 1. The first-order valence-electron chi connectivity index (χ1n) is 5.13. The second-order valence-corrected chi connectivity index (χ2v) is 4.79. The van der Waals surface area contributed by atoms with Gasteiger partial charge in [-0.15, -0.1) is 0 Å². The van der Waals surface area contributed by atoms with Crippen LogP contribution in [0.5, 0.6) is 0 Å². The van der Waals surface area contributed by atoms with Gasteiger partial charge in [0, 0.05) is 13.6 Å². The monoisotopic (exact) mass is 227 g/mol. The molecular formula is C10H17N3OS. The van der Waals surface area contributed by atoms with Crippen LogP contribution in [0, 0.1) is 17.2 Å². The lowest BCUT2D eigenvalue weighted by Crippen LogP contribution is -2.43. The molecule has 1 aliphatic heterocycles. The molecule has 1 saturated heterocycles. The van der Waals surface area contributed by atoms with Crippen molar-refractivity contribution < 1.29 is 4.79 Å². The fraction of sp³-hybridized carbons (Fsp3) is 0.800. The van der Waals surface area contributed by atoms with E-state index in [4.69, 9.17) is 5.26 Å². The molecule has 4 nitrogen and oxygen atoms in total. The van der Waals surface area contributed by atoms with Crippen LogP contribution in [-0.4, -0.2) is 49.0 Å². The Hall–Kier alpha value is -0.730. The number of hydrogen-bond acceptors (Lipinski definition) is 4. The van der Waals surface area contributed by atoms with Crippen molar-refractivity contribution in [2.45, 2.75) is 6.42 Å². The summed E-state index contributed by atoms with van der Waals surface area (Å²) in [5.41, 5.74) is 0. The van der Waals surface area contributed by atoms with Crippen molar-refractivity contribution in [2.24, 2.45) is 5.92 Å². The molecule has 0 aromatic rings. The van der Waals surface area contributed by atoms with Crippen molar-refractivity contribution in [3.8, 4) is 6.07 Å². The Morgan fingerprint density at radius 2 is 2.40 bits per heavy atom. The van der Waals surface area contributed by atoms with E-state index in [2.05, 4.69) is 5.32 Å². The van der Waals surface area contributed by atoms with Gasteiger partial charge in [0.15, 0.2) is 0 Å². The van der Waals surface area contributed by atoms with Gasteiger partial charge in [-0.2, -0.15) is 17.0 Å². The lowest BCUT2D eigenvalue weighted by Gasteiger charge is -2.26. The molecule has 0 atom stereocenters. The molecule has 1 N–H and O–H groups in total. The van der Waals surface area contributed by atoms with E-state index < -0.39 is 0 Å². The van der Waals surface area contributed by atoms with Crippen molar-refractivity contribution in [1.29, 1.82) is 5.26 Å². The number of carbonyl (C=O) groups is 1. The average molecular weight is 227 g/mol. The lowest BCUT2D eigenvalue weighted by atomic mass is 10.1. The minimum Gasteiger partial charge on any atom is -0.344 e. The molecule has 0 spiro atoms. The Bertz CT molecular complexity index is 248. The maximum atomic E-state index is 11.5. The van der Waals surface area contributed by atoms with Crippen molar-refractivity contribution in [1.82, 2.24) is 10.2 Å². The van der Waals surface area contributed by atoms with Crippen LogP contribution in [0.15, 0.2) is 0 Å². The van der Waals surface area contributed by atoms with Gasteiger partial charge in [0.2, 0.25) is 5.91 Å². The largest absolute Gasteiger partial charge is 0.344 e. The second kappa shape index (κ2) is 6.70. The first kappa shape index (κ1) is 12.3. The quantitative estimate of drug-likeness (QED) is 0.709. The number of nitriles is 1. The van der Waals surface area contributed by atoms with Crippen LogP contribution in [-0.2, 0) is 4.79 Å². The Morgan fingerprint density at radius 1 is 1.67 bits per heavy atom.